The lowest BCUT2D eigenvalue weighted by Gasteiger charge is -2.46. The number of nitrogens with zero attached hydrogens (tertiary/aromatic N) is 4. The summed E-state index contributed by atoms with van der Waals surface area (Å²) in [5.41, 5.74) is 1.73. The Bertz CT molecular complexity index is 679. The Hall–Kier alpha value is -1.86. The van der Waals surface area contributed by atoms with Crippen LogP contribution < -0.4 is 0 Å². The number of rotatable bonds is 5. The van der Waals surface area contributed by atoms with Gasteiger partial charge in [0.15, 0.2) is 0 Å². The molecule has 0 saturated carbocycles. The van der Waals surface area contributed by atoms with Crippen LogP contribution in [-0.4, -0.2) is 88.6 Å². The van der Waals surface area contributed by atoms with E-state index in [-0.39, 0.29) is 18.2 Å². The summed E-state index contributed by atoms with van der Waals surface area (Å²) in [7, 11) is 4.09. The minimum absolute atomic E-state index is 0.0743. The van der Waals surface area contributed by atoms with Crippen molar-refractivity contribution in [3.05, 3.63) is 23.5 Å². The molecule has 1 amide bonds. The van der Waals surface area contributed by atoms with Gasteiger partial charge in [0, 0.05) is 70.7 Å². The number of likely N-dealkylation sites (tertiary alicyclic amines) is 1. The number of carboxylic acid groups (broad SMARTS) is 1. The number of piperidine rings is 1. The maximum absolute atomic E-state index is 13.0. The van der Waals surface area contributed by atoms with Crippen molar-refractivity contribution in [1.29, 1.82) is 0 Å². The van der Waals surface area contributed by atoms with Crippen LogP contribution in [0.25, 0.3) is 0 Å². The van der Waals surface area contributed by atoms with Crippen LogP contribution in [0.2, 0.25) is 0 Å². The Morgan fingerprint density at radius 2 is 1.85 bits per heavy atom. The second-order valence-corrected chi connectivity index (χ2v) is 8.06. The van der Waals surface area contributed by atoms with Gasteiger partial charge < -0.3 is 19.5 Å². The number of likely N-dealkylation sites (N-methyl/N-ethyl adjacent to an activating group) is 1. The molecule has 7 nitrogen and oxygen atoms in total. The van der Waals surface area contributed by atoms with Crippen LogP contribution in [0.1, 0.15) is 35.3 Å². The first-order valence-electron chi connectivity index (χ1n) is 9.92. The van der Waals surface area contributed by atoms with E-state index in [1.807, 2.05) is 35.7 Å². The number of piperazine rings is 1. The van der Waals surface area contributed by atoms with Crippen molar-refractivity contribution >= 4 is 11.9 Å². The largest absolute Gasteiger partial charge is 0.481 e. The Labute approximate surface area is 161 Å². The molecule has 2 atom stereocenters. The second kappa shape index (κ2) is 8.44. The van der Waals surface area contributed by atoms with Crippen molar-refractivity contribution < 1.29 is 14.7 Å². The highest BCUT2D eigenvalue weighted by Gasteiger charge is 2.36. The third-order valence-electron chi connectivity index (χ3n) is 6.33. The van der Waals surface area contributed by atoms with E-state index in [0.717, 1.165) is 50.4 Å². The summed E-state index contributed by atoms with van der Waals surface area (Å²) in [5, 5.41) is 9.16. The molecule has 3 heterocycles. The SMILES string of the molecule is Cc1c(C(=O)N2CC[C@H](N3CCN(C)CC3)[C@H](CCC(=O)O)C2)ccn1C. The number of hydrogen-bond donors (Lipinski definition) is 1. The fraction of sp³-hybridized carbons (Fsp3) is 0.700. The first-order valence-corrected chi connectivity index (χ1v) is 9.92. The van der Waals surface area contributed by atoms with Crippen molar-refractivity contribution in [1.82, 2.24) is 19.3 Å². The lowest BCUT2D eigenvalue weighted by Crippen LogP contribution is -2.57. The van der Waals surface area contributed by atoms with Gasteiger partial charge in [-0.1, -0.05) is 0 Å². The molecule has 27 heavy (non-hydrogen) atoms. The van der Waals surface area contributed by atoms with Crippen molar-refractivity contribution in [2.45, 2.75) is 32.2 Å². The summed E-state index contributed by atoms with van der Waals surface area (Å²) in [6.45, 7) is 7.51. The van der Waals surface area contributed by atoms with E-state index in [9.17, 15) is 9.59 Å². The summed E-state index contributed by atoms with van der Waals surface area (Å²) in [4.78, 5) is 30.9. The van der Waals surface area contributed by atoms with Gasteiger partial charge in [0.2, 0.25) is 0 Å². The number of carbonyl (C=O) groups is 2. The summed E-state index contributed by atoms with van der Waals surface area (Å²) in [5.74, 6) is -0.467. The predicted octanol–water partition coefficient (Wildman–Crippen LogP) is 1.28. The van der Waals surface area contributed by atoms with Crippen LogP contribution in [0.3, 0.4) is 0 Å². The summed E-state index contributed by atoms with van der Waals surface area (Å²) < 4.78 is 1.96. The predicted molar refractivity (Wildman–Crippen MR) is 104 cm³/mol. The van der Waals surface area contributed by atoms with Crippen molar-refractivity contribution in [3.63, 3.8) is 0 Å². The molecule has 1 aromatic rings. The van der Waals surface area contributed by atoms with Gasteiger partial charge in [-0.15, -0.1) is 0 Å². The number of aromatic nitrogens is 1. The summed E-state index contributed by atoms with van der Waals surface area (Å²) in [6.07, 6.45) is 3.64. The van der Waals surface area contributed by atoms with Gasteiger partial charge in [-0.05, 0) is 38.8 Å². The van der Waals surface area contributed by atoms with Gasteiger partial charge in [0.25, 0.3) is 5.91 Å². The number of carbonyl (C=O) groups excluding carboxylic acids is 1. The average molecular weight is 377 g/mol. The fourth-order valence-corrected chi connectivity index (χ4v) is 4.44. The smallest absolute Gasteiger partial charge is 0.303 e. The van der Waals surface area contributed by atoms with Gasteiger partial charge in [0.1, 0.15) is 0 Å². The highest BCUT2D eigenvalue weighted by molar-refractivity contribution is 5.95. The molecule has 1 aromatic heterocycles. The van der Waals surface area contributed by atoms with Gasteiger partial charge in [-0.2, -0.15) is 0 Å². The first-order chi connectivity index (χ1) is 12.9. The van der Waals surface area contributed by atoms with Gasteiger partial charge >= 0.3 is 5.97 Å². The maximum atomic E-state index is 13.0. The van der Waals surface area contributed by atoms with E-state index >= 15 is 0 Å². The summed E-state index contributed by atoms with van der Waals surface area (Å²) >= 11 is 0. The lowest BCUT2D eigenvalue weighted by atomic mass is 9.86. The molecule has 0 aromatic carbocycles. The number of aliphatic carboxylic acids is 1. The number of hydrogen-bond acceptors (Lipinski definition) is 4. The fourth-order valence-electron chi connectivity index (χ4n) is 4.44. The average Bonchev–Trinajstić information content (AvgIpc) is 2.99. The van der Waals surface area contributed by atoms with Crippen LogP contribution in [-0.2, 0) is 11.8 Å². The van der Waals surface area contributed by atoms with Gasteiger partial charge in [-0.25, -0.2) is 0 Å². The molecule has 1 N–H and O–H groups in total. The molecular formula is C20H32N4O3. The third kappa shape index (κ3) is 4.52. The van der Waals surface area contributed by atoms with Crippen LogP contribution >= 0.6 is 0 Å². The van der Waals surface area contributed by atoms with Crippen LogP contribution in [0.4, 0.5) is 0 Å². The van der Waals surface area contributed by atoms with Crippen LogP contribution in [0, 0.1) is 12.8 Å². The lowest BCUT2D eigenvalue weighted by molar-refractivity contribution is -0.137. The monoisotopic (exact) mass is 376 g/mol. The Morgan fingerprint density at radius 3 is 2.44 bits per heavy atom. The number of carboxylic acids is 1. The van der Waals surface area contributed by atoms with E-state index in [4.69, 9.17) is 5.11 Å². The van der Waals surface area contributed by atoms with Crippen molar-refractivity contribution in [2.24, 2.45) is 13.0 Å². The number of amides is 1. The molecule has 2 saturated heterocycles. The molecule has 3 rings (SSSR count). The minimum atomic E-state index is -0.755. The number of aryl methyl sites for hydroxylation is 1. The molecular weight excluding hydrogens is 344 g/mol. The third-order valence-corrected chi connectivity index (χ3v) is 6.33. The van der Waals surface area contributed by atoms with Crippen molar-refractivity contribution in [2.75, 3.05) is 46.3 Å². The molecule has 2 fully saturated rings. The highest BCUT2D eigenvalue weighted by Crippen LogP contribution is 2.28. The van der Waals surface area contributed by atoms with E-state index in [1.165, 1.54) is 0 Å². The minimum Gasteiger partial charge on any atom is -0.481 e. The molecule has 0 radical (unpaired) electrons. The molecule has 0 spiro atoms. The zero-order valence-corrected chi connectivity index (χ0v) is 16.7. The maximum Gasteiger partial charge on any atom is 0.303 e. The van der Waals surface area contributed by atoms with E-state index in [1.54, 1.807) is 0 Å². The van der Waals surface area contributed by atoms with E-state index in [2.05, 4.69) is 16.8 Å². The van der Waals surface area contributed by atoms with Crippen molar-refractivity contribution in [3.8, 4) is 0 Å². The molecule has 2 aliphatic rings. The molecule has 0 bridgehead atoms. The normalized spacial score (nSPS) is 24.9. The molecule has 0 aliphatic carbocycles. The molecule has 0 unspecified atom stereocenters. The molecule has 7 heteroatoms. The van der Waals surface area contributed by atoms with Crippen LogP contribution in [0.15, 0.2) is 12.3 Å². The highest BCUT2D eigenvalue weighted by atomic mass is 16.4. The quantitative estimate of drug-likeness (QED) is 0.838. The first kappa shape index (κ1) is 19.9. The van der Waals surface area contributed by atoms with Crippen LogP contribution in [0.5, 0.6) is 0 Å². The topological polar surface area (TPSA) is 69.0 Å². The van der Waals surface area contributed by atoms with Gasteiger partial charge in [-0.3, -0.25) is 14.5 Å². The Balaban J connectivity index is 1.71. The Morgan fingerprint density at radius 1 is 1.15 bits per heavy atom. The standard InChI is InChI=1S/C20H32N4O3/c1-15-17(6-8-22(15)3)20(27)24-9-7-18(16(14-24)4-5-19(25)26)23-12-10-21(2)11-13-23/h6,8,16,18H,4-5,7,9-14H2,1-3H3,(H,25,26)/t16-,18+/m1/s1. The van der Waals surface area contributed by atoms with Gasteiger partial charge in [0.05, 0.1) is 5.56 Å². The second-order valence-electron chi connectivity index (χ2n) is 8.06. The van der Waals surface area contributed by atoms with E-state index < -0.39 is 5.97 Å². The Kier molecular flexibility index (Phi) is 6.22. The summed E-state index contributed by atoms with van der Waals surface area (Å²) in [6, 6.07) is 2.26. The molecule has 150 valence electrons. The zero-order chi connectivity index (χ0) is 19.6. The molecule has 2 aliphatic heterocycles. The van der Waals surface area contributed by atoms with E-state index in [0.29, 0.717) is 19.0 Å². The zero-order valence-electron chi connectivity index (χ0n) is 16.7.